The summed E-state index contributed by atoms with van der Waals surface area (Å²) in [6, 6.07) is 25.0. The highest BCUT2D eigenvalue weighted by atomic mass is 32.2. The lowest BCUT2D eigenvalue weighted by atomic mass is 10.1. The van der Waals surface area contributed by atoms with Gasteiger partial charge in [-0.15, -0.1) is 11.8 Å². The first kappa shape index (κ1) is 21.7. The van der Waals surface area contributed by atoms with Crippen LogP contribution in [0.1, 0.15) is 40.0 Å². The van der Waals surface area contributed by atoms with E-state index in [-0.39, 0.29) is 17.9 Å². The molecule has 0 aliphatic rings. The van der Waals surface area contributed by atoms with Crippen LogP contribution in [-0.2, 0) is 10.5 Å². The van der Waals surface area contributed by atoms with Crippen molar-refractivity contribution >= 4 is 29.3 Å². The van der Waals surface area contributed by atoms with E-state index in [1.807, 2.05) is 49.4 Å². The largest absolute Gasteiger partial charge is 0.345 e. The smallest absolute Gasteiger partial charge is 0.253 e. The fourth-order valence-corrected chi connectivity index (χ4v) is 3.91. The van der Waals surface area contributed by atoms with Crippen molar-refractivity contribution in [1.29, 1.82) is 0 Å². The summed E-state index contributed by atoms with van der Waals surface area (Å²) in [4.78, 5) is 25.2. The second-order valence-electron chi connectivity index (χ2n) is 7.18. The standard InChI is InChI=1S/C25H26N2O2S/c1-18-9-8-10-20(15-18)16-30-17-24(28)27-23-14-7-6-13-22(23)25(29)26-19(2)21-11-4-3-5-12-21/h3-15,19H,16-17H2,1-2H3,(H,26,29)(H,27,28)/t19-/m0/s1. The van der Waals surface area contributed by atoms with Crippen LogP contribution in [0.3, 0.4) is 0 Å². The van der Waals surface area contributed by atoms with E-state index in [0.717, 1.165) is 11.3 Å². The number of hydrogen-bond acceptors (Lipinski definition) is 3. The van der Waals surface area contributed by atoms with Crippen molar-refractivity contribution in [3.63, 3.8) is 0 Å². The molecule has 1 atom stereocenters. The van der Waals surface area contributed by atoms with Gasteiger partial charge in [-0.3, -0.25) is 9.59 Å². The summed E-state index contributed by atoms with van der Waals surface area (Å²) in [6.07, 6.45) is 0. The van der Waals surface area contributed by atoms with Gasteiger partial charge in [0.15, 0.2) is 0 Å². The molecule has 0 heterocycles. The number of nitrogens with one attached hydrogen (secondary N) is 2. The summed E-state index contributed by atoms with van der Waals surface area (Å²) in [5.74, 6) is 0.759. The molecule has 2 N–H and O–H groups in total. The van der Waals surface area contributed by atoms with E-state index in [9.17, 15) is 9.59 Å². The summed E-state index contributed by atoms with van der Waals surface area (Å²) in [5.41, 5.74) is 4.42. The average Bonchev–Trinajstić information content (AvgIpc) is 2.74. The number of carbonyl (C=O) groups excluding carboxylic acids is 2. The summed E-state index contributed by atoms with van der Waals surface area (Å²) < 4.78 is 0. The second-order valence-corrected chi connectivity index (χ2v) is 8.17. The van der Waals surface area contributed by atoms with Gasteiger partial charge in [0.25, 0.3) is 5.91 Å². The van der Waals surface area contributed by atoms with Gasteiger partial charge in [0.05, 0.1) is 23.0 Å². The number of benzene rings is 3. The predicted molar refractivity (Wildman–Crippen MR) is 125 cm³/mol. The van der Waals surface area contributed by atoms with E-state index >= 15 is 0 Å². The Morgan fingerprint density at radius 2 is 1.67 bits per heavy atom. The van der Waals surface area contributed by atoms with Crippen LogP contribution in [0.25, 0.3) is 0 Å². The second kappa shape index (κ2) is 10.6. The van der Waals surface area contributed by atoms with E-state index in [2.05, 4.69) is 35.8 Å². The molecule has 30 heavy (non-hydrogen) atoms. The molecule has 3 aromatic rings. The Bertz CT molecular complexity index is 1000. The zero-order chi connectivity index (χ0) is 21.3. The van der Waals surface area contributed by atoms with Crippen LogP contribution in [0.2, 0.25) is 0 Å². The molecule has 5 heteroatoms. The van der Waals surface area contributed by atoms with E-state index in [4.69, 9.17) is 0 Å². The van der Waals surface area contributed by atoms with Gasteiger partial charge in [-0.1, -0.05) is 72.3 Å². The lowest BCUT2D eigenvalue weighted by molar-refractivity contribution is -0.113. The topological polar surface area (TPSA) is 58.2 Å². The Labute approximate surface area is 182 Å². The van der Waals surface area contributed by atoms with Gasteiger partial charge in [-0.05, 0) is 37.1 Å². The summed E-state index contributed by atoms with van der Waals surface area (Å²) in [5, 5.41) is 5.88. The zero-order valence-corrected chi connectivity index (χ0v) is 18.0. The number of thioether (sulfide) groups is 1. The highest BCUT2D eigenvalue weighted by molar-refractivity contribution is 7.99. The van der Waals surface area contributed by atoms with Gasteiger partial charge in [0.1, 0.15) is 0 Å². The van der Waals surface area contributed by atoms with E-state index in [1.165, 1.54) is 11.1 Å². The lowest BCUT2D eigenvalue weighted by Gasteiger charge is -2.16. The molecular weight excluding hydrogens is 392 g/mol. The Morgan fingerprint density at radius 1 is 0.933 bits per heavy atom. The molecule has 4 nitrogen and oxygen atoms in total. The van der Waals surface area contributed by atoms with Gasteiger partial charge in [0, 0.05) is 5.75 Å². The van der Waals surface area contributed by atoms with Crippen LogP contribution in [0.4, 0.5) is 5.69 Å². The van der Waals surface area contributed by atoms with Crippen LogP contribution >= 0.6 is 11.8 Å². The van der Waals surface area contributed by atoms with Gasteiger partial charge in [-0.2, -0.15) is 0 Å². The first-order valence-electron chi connectivity index (χ1n) is 9.91. The van der Waals surface area contributed by atoms with Crippen LogP contribution in [-0.4, -0.2) is 17.6 Å². The van der Waals surface area contributed by atoms with E-state index in [0.29, 0.717) is 17.0 Å². The number of amides is 2. The maximum Gasteiger partial charge on any atom is 0.253 e. The van der Waals surface area contributed by atoms with Crippen molar-refractivity contribution < 1.29 is 9.59 Å². The van der Waals surface area contributed by atoms with Crippen LogP contribution < -0.4 is 10.6 Å². The monoisotopic (exact) mass is 418 g/mol. The number of hydrogen-bond donors (Lipinski definition) is 2. The fraction of sp³-hybridized carbons (Fsp3) is 0.200. The molecule has 3 rings (SSSR count). The molecule has 0 saturated carbocycles. The van der Waals surface area contributed by atoms with Crippen molar-refractivity contribution in [2.45, 2.75) is 25.6 Å². The molecule has 2 amide bonds. The molecule has 0 spiro atoms. The first-order valence-corrected chi connectivity index (χ1v) is 11.1. The average molecular weight is 419 g/mol. The molecular formula is C25H26N2O2S. The minimum Gasteiger partial charge on any atom is -0.345 e. The van der Waals surface area contributed by atoms with E-state index < -0.39 is 0 Å². The third kappa shape index (κ3) is 6.22. The van der Waals surface area contributed by atoms with Gasteiger partial charge in [0.2, 0.25) is 5.91 Å². The predicted octanol–water partition coefficient (Wildman–Crippen LogP) is 5.36. The SMILES string of the molecule is Cc1cccc(CSCC(=O)Nc2ccccc2C(=O)N[C@@H](C)c2ccccc2)c1. The van der Waals surface area contributed by atoms with Crippen molar-refractivity contribution in [3.05, 3.63) is 101 Å². The molecule has 0 unspecified atom stereocenters. The van der Waals surface area contributed by atoms with Crippen LogP contribution in [0.5, 0.6) is 0 Å². The summed E-state index contributed by atoms with van der Waals surface area (Å²) in [7, 11) is 0. The van der Waals surface area contributed by atoms with Crippen molar-refractivity contribution in [1.82, 2.24) is 5.32 Å². The maximum atomic E-state index is 12.8. The van der Waals surface area contributed by atoms with Gasteiger partial charge < -0.3 is 10.6 Å². The highest BCUT2D eigenvalue weighted by Gasteiger charge is 2.16. The van der Waals surface area contributed by atoms with Crippen LogP contribution in [0.15, 0.2) is 78.9 Å². The van der Waals surface area contributed by atoms with E-state index in [1.54, 1.807) is 30.0 Å². The molecule has 0 fully saturated rings. The van der Waals surface area contributed by atoms with Crippen molar-refractivity contribution in [2.24, 2.45) is 0 Å². The number of rotatable bonds is 8. The van der Waals surface area contributed by atoms with Crippen molar-refractivity contribution in [2.75, 3.05) is 11.1 Å². The van der Waals surface area contributed by atoms with Gasteiger partial charge >= 0.3 is 0 Å². The molecule has 0 radical (unpaired) electrons. The minimum atomic E-state index is -0.213. The molecule has 0 aromatic heterocycles. The Hall–Kier alpha value is -3.05. The molecule has 0 aliphatic heterocycles. The Morgan fingerprint density at radius 3 is 2.43 bits per heavy atom. The zero-order valence-electron chi connectivity index (χ0n) is 17.2. The number of carbonyl (C=O) groups is 2. The number of para-hydroxylation sites is 1. The third-order valence-corrected chi connectivity index (χ3v) is 5.68. The minimum absolute atomic E-state index is 0.121. The van der Waals surface area contributed by atoms with Gasteiger partial charge in [-0.25, -0.2) is 0 Å². The normalized spacial score (nSPS) is 11.5. The van der Waals surface area contributed by atoms with Crippen LogP contribution in [0, 0.1) is 6.92 Å². The first-order chi connectivity index (χ1) is 14.5. The highest BCUT2D eigenvalue weighted by Crippen LogP contribution is 2.19. The summed E-state index contributed by atoms with van der Waals surface area (Å²) >= 11 is 1.55. The molecule has 3 aromatic carbocycles. The Balaban J connectivity index is 1.57. The lowest BCUT2D eigenvalue weighted by Crippen LogP contribution is -2.28. The molecule has 0 saturated heterocycles. The maximum absolute atomic E-state index is 12.8. The van der Waals surface area contributed by atoms with Crippen molar-refractivity contribution in [3.8, 4) is 0 Å². The number of aryl methyl sites for hydroxylation is 1. The molecule has 0 bridgehead atoms. The summed E-state index contributed by atoms with van der Waals surface area (Å²) in [6.45, 7) is 4.00. The third-order valence-electron chi connectivity index (χ3n) is 4.68. The Kier molecular flexibility index (Phi) is 7.69. The molecule has 0 aliphatic carbocycles. The number of anilines is 1. The molecule has 154 valence electrons. The quantitative estimate of drug-likeness (QED) is 0.518. The fourth-order valence-electron chi connectivity index (χ4n) is 3.14.